The summed E-state index contributed by atoms with van der Waals surface area (Å²) in [5.41, 5.74) is 1.12. The molecule has 0 spiro atoms. The van der Waals surface area contributed by atoms with Crippen molar-refractivity contribution in [2.45, 2.75) is 38.6 Å². The van der Waals surface area contributed by atoms with Crippen molar-refractivity contribution in [2.75, 3.05) is 6.54 Å². The molecule has 1 unspecified atom stereocenters. The average Bonchev–Trinajstić information content (AvgIpc) is 3.17. The molecular formula is C15H19ClN4O2. The molecule has 22 heavy (non-hydrogen) atoms. The van der Waals surface area contributed by atoms with Crippen LogP contribution in [0.25, 0.3) is 0 Å². The molecular weight excluding hydrogens is 304 g/mol. The predicted molar refractivity (Wildman–Crippen MR) is 81.7 cm³/mol. The summed E-state index contributed by atoms with van der Waals surface area (Å²) in [6.07, 6.45) is 5.33. The van der Waals surface area contributed by atoms with Gasteiger partial charge in [0.1, 0.15) is 11.5 Å². The highest BCUT2D eigenvalue weighted by atomic mass is 35.5. The molecule has 1 fully saturated rings. The Morgan fingerprint density at radius 2 is 2.36 bits per heavy atom. The quantitative estimate of drug-likeness (QED) is 0.868. The van der Waals surface area contributed by atoms with E-state index in [9.17, 15) is 4.79 Å². The molecule has 0 N–H and O–H groups in total. The van der Waals surface area contributed by atoms with Gasteiger partial charge in [-0.05, 0) is 19.3 Å². The van der Waals surface area contributed by atoms with Crippen LogP contribution in [0.4, 0.5) is 0 Å². The summed E-state index contributed by atoms with van der Waals surface area (Å²) in [5, 5.41) is 8.69. The molecule has 118 valence electrons. The molecule has 1 atom stereocenters. The van der Waals surface area contributed by atoms with Gasteiger partial charge in [0.15, 0.2) is 5.69 Å². The predicted octanol–water partition coefficient (Wildman–Crippen LogP) is 2.99. The van der Waals surface area contributed by atoms with E-state index >= 15 is 0 Å². The van der Waals surface area contributed by atoms with Gasteiger partial charge in [-0.25, -0.2) is 0 Å². The lowest BCUT2D eigenvalue weighted by Gasteiger charge is -2.22. The van der Waals surface area contributed by atoms with Crippen molar-refractivity contribution in [3.05, 3.63) is 34.4 Å². The third-order valence-electron chi connectivity index (χ3n) is 3.92. The minimum absolute atomic E-state index is 0.0556. The second kappa shape index (κ2) is 6.12. The summed E-state index contributed by atoms with van der Waals surface area (Å²) in [4.78, 5) is 14.5. The molecule has 0 aromatic carbocycles. The van der Waals surface area contributed by atoms with E-state index in [1.165, 1.54) is 0 Å². The Kier molecular flexibility index (Phi) is 4.20. The van der Waals surface area contributed by atoms with Gasteiger partial charge in [0.25, 0.3) is 5.91 Å². The van der Waals surface area contributed by atoms with Crippen molar-refractivity contribution in [3.63, 3.8) is 0 Å². The third kappa shape index (κ3) is 2.75. The zero-order valence-corrected chi connectivity index (χ0v) is 13.5. The molecule has 1 saturated heterocycles. The molecule has 1 amide bonds. The molecule has 3 rings (SSSR count). The number of carbonyl (C=O) groups is 1. The van der Waals surface area contributed by atoms with E-state index in [1.54, 1.807) is 22.8 Å². The van der Waals surface area contributed by atoms with E-state index in [-0.39, 0.29) is 11.9 Å². The third-order valence-corrected chi connectivity index (χ3v) is 4.19. The number of amides is 1. The number of rotatable bonds is 4. The summed E-state index contributed by atoms with van der Waals surface area (Å²) in [5.74, 6) is 0.723. The van der Waals surface area contributed by atoms with Crippen LogP contribution in [0.5, 0.6) is 0 Å². The van der Waals surface area contributed by atoms with Crippen LogP contribution in [0.15, 0.2) is 16.8 Å². The van der Waals surface area contributed by atoms with Gasteiger partial charge in [-0.15, -0.1) is 0 Å². The normalized spacial score (nSPS) is 18.1. The monoisotopic (exact) mass is 322 g/mol. The Morgan fingerprint density at radius 3 is 3.05 bits per heavy atom. The topological polar surface area (TPSA) is 64.2 Å². The van der Waals surface area contributed by atoms with Gasteiger partial charge in [-0.2, -0.15) is 5.10 Å². The molecule has 0 saturated carbocycles. The molecule has 1 aliphatic heterocycles. The van der Waals surface area contributed by atoms with Crippen LogP contribution < -0.4 is 0 Å². The van der Waals surface area contributed by atoms with Crippen LogP contribution >= 0.6 is 11.6 Å². The fourth-order valence-corrected chi connectivity index (χ4v) is 3.17. The van der Waals surface area contributed by atoms with Crippen LogP contribution in [-0.2, 0) is 13.5 Å². The molecule has 3 heterocycles. The summed E-state index contributed by atoms with van der Waals surface area (Å²) >= 11 is 6.09. The summed E-state index contributed by atoms with van der Waals surface area (Å²) in [6.45, 7) is 2.78. The number of halogens is 1. The lowest BCUT2D eigenvalue weighted by Crippen LogP contribution is -2.31. The first-order valence-corrected chi connectivity index (χ1v) is 7.93. The Bertz CT molecular complexity index is 679. The fourth-order valence-electron chi connectivity index (χ4n) is 2.91. The maximum absolute atomic E-state index is 12.7. The van der Waals surface area contributed by atoms with Gasteiger partial charge in [0, 0.05) is 32.3 Å². The van der Waals surface area contributed by atoms with Gasteiger partial charge < -0.3 is 9.42 Å². The van der Waals surface area contributed by atoms with Crippen LogP contribution in [0.1, 0.15) is 54.2 Å². The van der Waals surface area contributed by atoms with Crippen molar-refractivity contribution < 1.29 is 9.32 Å². The van der Waals surface area contributed by atoms with E-state index in [4.69, 9.17) is 16.1 Å². The molecule has 6 nitrogen and oxygen atoms in total. The number of hydrogen-bond acceptors (Lipinski definition) is 4. The molecule has 0 radical (unpaired) electrons. The number of hydrogen-bond donors (Lipinski definition) is 0. The highest BCUT2D eigenvalue weighted by Gasteiger charge is 2.34. The van der Waals surface area contributed by atoms with Crippen LogP contribution in [-0.4, -0.2) is 32.3 Å². The van der Waals surface area contributed by atoms with Gasteiger partial charge in [-0.3, -0.25) is 9.48 Å². The first-order valence-electron chi connectivity index (χ1n) is 7.55. The van der Waals surface area contributed by atoms with Gasteiger partial charge >= 0.3 is 0 Å². The van der Waals surface area contributed by atoms with Crippen molar-refractivity contribution in [1.82, 2.24) is 19.8 Å². The maximum Gasteiger partial charge on any atom is 0.276 e. The van der Waals surface area contributed by atoms with Crippen molar-refractivity contribution in [1.29, 1.82) is 0 Å². The van der Waals surface area contributed by atoms with E-state index in [2.05, 4.69) is 17.2 Å². The Morgan fingerprint density at radius 1 is 1.55 bits per heavy atom. The first-order chi connectivity index (χ1) is 10.6. The van der Waals surface area contributed by atoms with Crippen molar-refractivity contribution in [2.24, 2.45) is 7.05 Å². The minimum atomic E-state index is -0.145. The molecule has 0 aliphatic carbocycles. The highest BCUT2D eigenvalue weighted by molar-refractivity contribution is 6.33. The summed E-state index contributed by atoms with van der Waals surface area (Å²) in [6, 6.07) is 1.90. The fraction of sp³-hybridized carbons (Fsp3) is 0.533. The van der Waals surface area contributed by atoms with E-state index in [0.29, 0.717) is 17.3 Å². The van der Waals surface area contributed by atoms with E-state index < -0.39 is 0 Å². The van der Waals surface area contributed by atoms with Crippen molar-refractivity contribution in [3.8, 4) is 0 Å². The minimum Gasteiger partial charge on any atom is -0.361 e. The van der Waals surface area contributed by atoms with Crippen LogP contribution in [0, 0.1) is 0 Å². The lowest BCUT2D eigenvalue weighted by atomic mass is 10.1. The Labute approximate surface area is 134 Å². The highest BCUT2D eigenvalue weighted by Crippen LogP contribution is 2.33. The molecule has 2 aromatic heterocycles. The maximum atomic E-state index is 12.7. The second-order valence-corrected chi connectivity index (χ2v) is 6.03. The zero-order chi connectivity index (χ0) is 15.7. The summed E-state index contributed by atoms with van der Waals surface area (Å²) < 4.78 is 6.90. The smallest absolute Gasteiger partial charge is 0.276 e. The number of aromatic nitrogens is 3. The largest absolute Gasteiger partial charge is 0.361 e. The van der Waals surface area contributed by atoms with Gasteiger partial charge in [0.2, 0.25) is 0 Å². The zero-order valence-electron chi connectivity index (χ0n) is 12.8. The van der Waals surface area contributed by atoms with E-state index in [0.717, 1.165) is 37.1 Å². The average molecular weight is 323 g/mol. The second-order valence-electron chi connectivity index (χ2n) is 5.62. The molecule has 1 aliphatic rings. The molecule has 0 bridgehead atoms. The van der Waals surface area contributed by atoms with Crippen LogP contribution in [0.3, 0.4) is 0 Å². The van der Waals surface area contributed by atoms with Gasteiger partial charge in [-0.1, -0.05) is 23.7 Å². The number of carbonyl (C=O) groups excluding carboxylic acids is 1. The molecule has 7 heteroatoms. The Balaban J connectivity index is 1.83. The number of likely N-dealkylation sites (tertiary alicyclic amines) is 1. The Hall–Kier alpha value is -1.82. The SMILES string of the molecule is CCCc1cc(C2CCCN2C(=O)c2nn(C)cc2Cl)no1. The standard InChI is InChI=1S/C15H19ClN4O2/c1-3-5-10-8-12(18-22-10)13-6-4-7-20(13)15(21)14-11(16)9-19(2)17-14/h8-9,13H,3-7H2,1-2H3. The molecule has 2 aromatic rings. The number of nitrogens with zero attached hydrogens (tertiary/aromatic N) is 4. The lowest BCUT2D eigenvalue weighted by molar-refractivity contribution is 0.0724. The van der Waals surface area contributed by atoms with Crippen LogP contribution in [0.2, 0.25) is 5.02 Å². The first kappa shape index (κ1) is 15.1. The van der Waals surface area contributed by atoms with Gasteiger partial charge in [0.05, 0.1) is 11.1 Å². The number of aryl methyl sites for hydroxylation is 2. The summed E-state index contributed by atoms with van der Waals surface area (Å²) in [7, 11) is 1.75. The van der Waals surface area contributed by atoms with Crippen molar-refractivity contribution >= 4 is 17.5 Å². The van der Waals surface area contributed by atoms with E-state index in [1.807, 2.05) is 6.07 Å².